The maximum absolute atomic E-state index is 4.67. The van der Waals surface area contributed by atoms with Crippen LogP contribution in [-0.4, -0.2) is 24.5 Å². The lowest BCUT2D eigenvalue weighted by Crippen LogP contribution is -2.09. The molecule has 3 rings (SSSR count). The third kappa shape index (κ3) is 6.74. The minimum absolute atomic E-state index is 0.552. The van der Waals surface area contributed by atoms with Crippen LogP contribution < -0.4 is 0 Å². The van der Waals surface area contributed by atoms with Crippen molar-refractivity contribution < 1.29 is 0 Å². The van der Waals surface area contributed by atoms with Gasteiger partial charge in [0, 0.05) is 24.5 Å². The van der Waals surface area contributed by atoms with Gasteiger partial charge in [0.05, 0.1) is 0 Å². The molecule has 0 aliphatic heterocycles. The lowest BCUT2D eigenvalue weighted by atomic mass is 9.96. The molecule has 2 aliphatic rings. The summed E-state index contributed by atoms with van der Waals surface area (Å²) in [7, 11) is 0. The van der Waals surface area contributed by atoms with Crippen molar-refractivity contribution >= 4 is 24.6 Å². The molecule has 2 fully saturated rings. The lowest BCUT2D eigenvalue weighted by molar-refractivity contribution is 0.444. The summed E-state index contributed by atoms with van der Waals surface area (Å²) in [5.41, 5.74) is 2.43. The summed E-state index contributed by atoms with van der Waals surface area (Å²) in [6.45, 7) is 0. The van der Waals surface area contributed by atoms with Crippen LogP contribution >= 0.6 is 0 Å². The van der Waals surface area contributed by atoms with Crippen molar-refractivity contribution in [2.75, 3.05) is 0 Å². The van der Waals surface area contributed by atoms with Gasteiger partial charge in [-0.15, -0.1) is 0 Å². The number of aliphatic imine (C=N–C) groups is 2. The Kier molecular flexibility index (Phi) is 7.89. The zero-order valence-corrected chi connectivity index (χ0v) is 15.9. The number of hydrogen-bond acceptors (Lipinski definition) is 2. The Morgan fingerprint density at radius 3 is 1.35 bits per heavy atom. The monoisotopic (exact) mass is 348 g/mol. The molecule has 0 N–H and O–H groups in total. The summed E-state index contributed by atoms with van der Waals surface area (Å²) in [6, 6.07) is 9.73. The van der Waals surface area contributed by atoms with Crippen LogP contribution in [0.2, 0.25) is 0 Å². The molecule has 0 amide bonds. The lowest BCUT2D eigenvalue weighted by Gasteiger charge is -2.16. The molecule has 0 radical (unpaired) electrons. The molecule has 2 nitrogen and oxygen atoms in total. The first kappa shape index (κ1) is 18.8. The van der Waals surface area contributed by atoms with E-state index in [2.05, 4.69) is 58.6 Å². The number of allylic oxidation sites excluding steroid dienone is 2. The zero-order chi connectivity index (χ0) is 17.9. The predicted octanol–water partition coefficient (Wildman–Crippen LogP) is 6.52. The normalized spacial score (nSPS) is 20.9. The second kappa shape index (κ2) is 10.9. The Balaban J connectivity index is 1.43. The van der Waals surface area contributed by atoms with E-state index in [4.69, 9.17) is 0 Å². The molecule has 0 spiro atoms. The largest absolute Gasteiger partial charge is 0.290 e. The van der Waals surface area contributed by atoms with Crippen molar-refractivity contribution in [3.05, 3.63) is 47.5 Å². The van der Waals surface area contributed by atoms with Crippen LogP contribution in [0.1, 0.15) is 75.3 Å². The van der Waals surface area contributed by atoms with E-state index >= 15 is 0 Å². The molecular weight excluding hydrogens is 316 g/mol. The molecule has 1 aromatic carbocycles. The molecule has 138 valence electrons. The van der Waals surface area contributed by atoms with E-state index in [0.717, 1.165) is 0 Å². The van der Waals surface area contributed by atoms with Gasteiger partial charge in [-0.25, -0.2) is 0 Å². The van der Waals surface area contributed by atoms with Gasteiger partial charge in [0.15, 0.2) is 0 Å². The number of nitrogens with zero attached hydrogens (tertiary/aromatic N) is 2. The van der Waals surface area contributed by atoms with Gasteiger partial charge in [-0.3, -0.25) is 9.98 Å². The average molecular weight is 349 g/mol. The number of rotatable bonds is 6. The predicted molar refractivity (Wildman–Crippen MR) is 115 cm³/mol. The fourth-order valence-electron chi connectivity index (χ4n) is 3.83. The van der Waals surface area contributed by atoms with Gasteiger partial charge in [0.1, 0.15) is 0 Å². The minimum atomic E-state index is 0.552. The van der Waals surface area contributed by atoms with Crippen molar-refractivity contribution in [2.24, 2.45) is 9.98 Å². The maximum Gasteiger partial charge on any atom is 0.0499 e. The Labute approximate surface area is 158 Å². The van der Waals surface area contributed by atoms with Gasteiger partial charge in [-0.1, -0.05) is 74.9 Å². The van der Waals surface area contributed by atoms with Gasteiger partial charge < -0.3 is 0 Å². The van der Waals surface area contributed by atoms with Gasteiger partial charge in [-0.2, -0.15) is 0 Å². The van der Waals surface area contributed by atoms with Crippen LogP contribution in [0.25, 0.3) is 12.2 Å². The molecule has 26 heavy (non-hydrogen) atoms. The van der Waals surface area contributed by atoms with Gasteiger partial charge in [0.2, 0.25) is 0 Å². The molecule has 2 heteroatoms. The molecule has 0 saturated heterocycles. The van der Waals surface area contributed by atoms with Crippen molar-refractivity contribution in [2.45, 2.75) is 76.3 Å². The van der Waals surface area contributed by atoms with Gasteiger partial charge in [0.25, 0.3) is 0 Å². The van der Waals surface area contributed by atoms with Gasteiger partial charge >= 0.3 is 0 Å². The van der Waals surface area contributed by atoms with E-state index in [1.165, 1.54) is 75.3 Å². The summed E-state index contributed by atoms with van der Waals surface area (Å²) in [5, 5.41) is 0. The van der Waals surface area contributed by atoms with Crippen molar-refractivity contribution in [1.29, 1.82) is 0 Å². The highest BCUT2D eigenvalue weighted by Gasteiger charge is 2.10. The maximum atomic E-state index is 4.67. The van der Waals surface area contributed by atoms with Gasteiger partial charge in [-0.05, 0) is 49.0 Å². The highest BCUT2D eigenvalue weighted by atomic mass is 14.8. The first-order valence-corrected chi connectivity index (χ1v) is 10.4. The summed E-state index contributed by atoms with van der Waals surface area (Å²) in [4.78, 5) is 9.33. The fourth-order valence-corrected chi connectivity index (χ4v) is 3.83. The molecule has 2 saturated carbocycles. The van der Waals surface area contributed by atoms with Crippen LogP contribution in [0.3, 0.4) is 0 Å². The molecule has 0 aromatic heterocycles. The van der Waals surface area contributed by atoms with E-state index in [9.17, 15) is 0 Å². The van der Waals surface area contributed by atoms with E-state index < -0.39 is 0 Å². The van der Waals surface area contributed by atoms with Crippen LogP contribution in [0, 0.1) is 0 Å². The highest BCUT2D eigenvalue weighted by molar-refractivity contribution is 5.80. The zero-order valence-electron chi connectivity index (χ0n) is 15.9. The first-order valence-electron chi connectivity index (χ1n) is 10.4. The Hall–Kier alpha value is -1.96. The Morgan fingerprint density at radius 2 is 0.962 bits per heavy atom. The number of benzene rings is 1. The minimum Gasteiger partial charge on any atom is -0.290 e. The standard InChI is InChI=1S/C24H32N2/c1-3-11-23(12-4-1)25-19-7-9-21-15-17-22(18-16-21)10-8-20-26-24-13-5-2-6-14-24/h7-10,15-20,23-24H,1-6,11-14H2/b9-7+,10-8+,25-19?,26-20?. The smallest absolute Gasteiger partial charge is 0.0499 e. The fraction of sp³-hybridized carbons (Fsp3) is 0.500. The summed E-state index contributed by atoms with van der Waals surface area (Å²) in [6.07, 6.45) is 25.5. The van der Waals surface area contributed by atoms with E-state index in [1.54, 1.807) is 0 Å². The Morgan fingerprint density at radius 1 is 0.577 bits per heavy atom. The van der Waals surface area contributed by atoms with Crippen molar-refractivity contribution in [3.63, 3.8) is 0 Å². The molecule has 2 aliphatic carbocycles. The third-order valence-electron chi connectivity index (χ3n) is 5.43. The van der Waals surface area contributed by atoms with E-state index in [-0.39, 0.29) is 0 Å². The second-order valence-electron chi connectivity index (χ2n) is 7.56. The SMILES string of the molecule is C(/C=C/c1ccc(/C=C/C=NC2CCCCC2)cc1)=NC1CCCCC1. The van der Waals surface area contributed by atoms with Crippen molar-refractivity contribution in [3.8, 4) is 0 Å². The summed E-state index contributed by atoms with van der Waals surface area (Å²) >= 11 is 0. The number of hydrogen-bond donors (Lipinski definition) is 0. The highest BCUT2D eigenvalue weighted by Crippen LogP contribution is 2.20. The summed E-state index contributed by atoms with van der Waals surface area (Å²) in [5.74, 6) is 0. The van der Waals surface area contributed by atoms with Crippen molar-refractivity contribution in [1.82, 2.24) is 0 Å². The quantitative estimate of drug-likeness (QED) is 0.523. The average Bonchev–Trinajstić information content (AvgIpc) is 2.71. The van der Waals surface area contributed by atoms with Crippen LogP contribution in [0.5, 0.6) is 0 Å². The van der Waals surface area contributed by atoms with Crippen LogP contribution in [0.4, 0.5) is 0 Å². The van der Waals surface area contributed by atoms with E-state index in [0.29, 0.717) is 12.1 Å². The summed E-state index contributed by atoms with van der Waals surface area (Å²) < 4.78 is 0. The molecule has 0 unspecified atom stereocenters. The molecule has 0 atom stereocenters. The van der Waals surface area contributed by atoms with Crippen LogP contribution in [-0.2, 0) is 0 Å². The molecule has 0 bridgehead atoms. The third-order valence-corrected chi connectivity index (χ3v) is 5.43. The Bertz CT molecular complexity index is 568. The van der Waals surface area contributed by atoms with E-state index in [1.807, 2.05) is 12.4 Å². The van der Waals surface area contributed by atoms with Crippen LogP contribution in [0.15, 0.2) is 46.4 Å². The molecule has 0 heterocycles. The first-order chi connectivity index (χ1) is 12.9. The molecular formula is C24H32N2. The molecule has 1 aromatic rings. The second-order valence-corrected chi connectivity index (χ2v) is 7.56. The topological polar surface area (TPSA) is 24.7 Å².